The number of piperazine rings is 1. The molecule has 0 unspecified atom stereocenters. The van der Waals surface area contributed by atoms with E-state index in [2.05, 4.69) is 4.90 Å². The fraction of sp³-hybridized carbons (Fsp3) is 0.529. The molecule has 0 N–H and O–H groups in total. The Morgan fingerprint density at radius 1 is 1.12 bits per heavy atom. The lowest BCUT2D eigenvalue weighted by molar-refractivity contribution is -0.133. The number of hydrogen-bond acceptors (Lipinski definition) is 5. The van der Waals surface area contributed by atoms with Crippen LogP contribution in [0.4, 0.5) is 0 Å². The smallest absolute Gasteiger partial charge is 0.225 e. The number of thiocarbonyl (C=S) groups is 1. The molecule has 0 spiro atoms. The minimum Gasteiger partial charge on any atom is -0.354 e. The Morgan fingerprint density at radius 2 is 1.68 bits per heavy atom. The quantitative estimate of drug-likeness (QED) is 0.725. The minimum absolute atomic E-state index is 0.280. The fourth-order valence-corrected chi connectivity index (χ4v) is 4.60. The molecule has 1 aliphatic heterocycles. The maximum absolute atomic E-state index is 12.1. The van der Waals surface area contributed by atoms with Gasteiger partial charge in [0.2, 0.25) is 5.91 Å². The molecule has 1 saturated heterocycles. The number of rotatable bonds is 4. The van der Waals surface area contributed by atoms with Crippen LogP contribution in [0.15, 0.2) is 29.2 Å². The van der Waals surface area contributed by atoms with Crippen LogP contribution in [0.5, 0.6) is 0 Å². The van der Waals surface area contributed by atoms with Crippen LogP contribution in [-0.4, -0.2) is 60.9 Å². The standard InChI is InChI=1S/C17H22N2O3S3/c1-25(21,22)15-6-2-13(3-7-15)12-24-17(23)19-10-8-18(9-11-19)16(20)14-4-5-14/h2-3,6-7,14H,4-5,8-12H2,1H3. The number of carbonyl (C=O) groups is 1. The van der Waals surface area contributed by atoms with Crippen molar-refractivity contribution in [1.29, 1.82) is 0 Å². The van der Waals surface area contributed by atoms with Gasteiger partial charge >= 0.3 is 0 Å². The van der Waals surface area contributed by atoms with E-state index in [4.69, 9.17) is 12.2 Å². The first-order chi connectivity index (χ1) is 11.8. The van der Waals surface area contributed by atoms with E-state index in [1.807, 2.05) is 17.0 Å². The molecule has 136 valence electrons. The molecule has 1 amide bonds. The topological polar surface area (TPSA) is 57.7 Å². The Morgan fingerprint density at radius 3 is 2.20 bits per heavy atom. The van der Waals surface area contributed by atoms with Crippen LogP contribution < -0.4 is 0 Å². The Bertz CT molecular complexity index is 750. The molecule has 1 aromatic carbocycles. The molecule has 1 aromatic rings. The molecule has 8 heteroatoms. The summed E-state index contributed by atoms with van der Waals surface area (Å²) in [5, 5.41) is 0. The third-order valence-corrected chi connectivity index (χ3v) is 7.21. The summed E-state index contributed by atoms with van der Waals surface area (Å²) in [6, 6.07) is 6.93. The highest BCUT2D eigenvalue weighted by Crippen LogP contribution is 2.31. The van der Waals surface area contributed by atoms with Crippen LogP contribution in [0.2, 0.25) is 0 Å². The van der Waals surface area contributed by atoms with Gasteiger partial charge in [-0.2, -0.15) is 0 Å². The summed E-state index contributed by atoms with van der Waals surface area (Å²) in [4.78, 5) is 16.5. The highest BCUT2D eigenvalue weighted by molar-refractivity contribution is 8.22. The van der Waals surface area contributed by atoms with Crippen molar-refractivity contribution in [2.45, 2.75) is 23.5 Å². The Labute approximate surface area is 158 Å². The first-order valence-corrected chi connectivity index (χ1v) is 11.6. The minimum atomic E-state index is -3.16. The van der Waals surface area contributed by atoms with E-state index >= 15 is 0 Å². The first-order valence-electron chi connectivity index (χ1n) is 8.34. The van der Waals surface area contributed by atoms with Gasteiger partial charge in [0.1, 0.15) is 4.32 Å². The molecule has 0 bridgehead atoms. The lowest BCUT2D eigenvalue weighted by Crippen LogP contribution is -2.50. The first kappa shape index (κ1) is 18.7. The van der Waals surface area contributed by atoms with Gasteiger partial charge in [0.05, 0.1) is 4.90 Å². The van der Waals surface area contributed by atoms with Gasteiger partial charge in [-0.05, 0) is 30.5 Å². The molecule has 0 aromatic heterocycles. The Balaban J connectivity index is 1.46. The summed E-state index contributed by atoms with van der Waals surface area (Å²) in [6.07, 6.45) is 3.30. The van der Waals surface area contributed by atoms with Crippen molar-refractivity contribution in [3.63, 3.8) is 0 Å². The molecular weight excluding hydrogens is 376 g/mol. The van der Waals surface area contributed by atoms with E-state index in [-0.39, 0.29) is 5.92 Å². The van der Waals surface area contributed by atoms with Crippen molar-refractivity contribution in [3.8, 4) is 0 Å². The second-order valence-electron chi connectivity index (χ2n) is 6.56. The Hall–Kier alpha value is -1.12. The monoisotopic (exact) mass is 398 g/mol. The van der Waals surface area contributed by atoms with Crippen molar-refractivity contribution >= 4 is 44.0 Å². The summed E-state index contributed by atoms with van der Waals surface area (Å²) in [6.45, 7) is 3.08. The zero-order chi connectivity index (χ0) is 18.0. The SMILES string of the molecule is CS(=O)(=O)c1ccc(CSC(=S)N2CCN(C(=O)C3CC3)CC2)cc1. The van der Waals surface area contributed by atoms with Crippen LogP contribution >= 0.6 is 24.0 Å². The van der Waals surface area contributed by atoms with E-state index in [1.54, 1.807) is 23.9 Å². The second-order valence-corrected chi connectivity index (χ2v) is 10.2. The number of amides is 1. The summed E-state index contributed by atoms with van der Waals surface area (Å²) < 4.78 is 23.8. The van der Waals surface area contributed by atoms with Crippen molar-refractivity contribution in [2.24, 2.45) is 5.92 Å². The van der Waals surface area contributed by atoms with Gasteiger partial charge < -0.3 is 9.80 Å². The van der Waals surface area contributed by atoms with Crippen LogP contribution in [-0.2, 0) is 20.4 Å². The number of sulfone groups is 1. The van der Waals surface area contributed by atoms with Gasteiger partial charge in [0, 0.05) is 44.1 Å². The van der Waals surface area contributed by atoms with Gasteiger partial charge in [0.15, 0.2) is 9.84 Å². The van der Waals surface area contributed by atoms with Gasteiger partial charge in [0.25, 0.3) is 0 Å². The van der Waals surface area contributed by atoms with Gasteiger partial charge in [-0.15, -0.1) is 0 Å². The molecule has 3 rings (SSSR count). The number of thioether (sulfide) groups is 1. The number of hydrogen-bond donors (Lipinski definition) is 0. The summed E-state index contributed by atoms with van der Waals surface area (Å²) in [7, 11) is -3.16. The van der Waals surface area contributed by atoms with E-state index < -0.39 is 9.84 Å². The van der Waals surface area contributed by atoms with Gasteiger partial charge in [-0.25, -0.2) is 8.42 Å². The van der Waals surface area contributed by atoms with Crippen LogP contribution in [0.3, 0.4) is 0 Å². The predicted octanol–water partition coefficient (Wildman–Crippen LogP) is 2.16. The largest absolute Gasteiger partial charge is 0.354 e. The average molecular weight is 399 g/mol. The van der Waals surface area contributed by atoms with Crippen LogP contribution in [0, 0.1) is 5.92 Å². The number of nitrogens with zero attached hydrogens (tertiary/aromatic N) is 2. The zero-order valence-corrected chi connectivity index (χ0v) is 16.6. The van der Waals surface area contributed by atoms with Gasteiger partial charge in [-0.1, -0.05) is 36.1 Å². The normalized spacial score (nSPS) is 18.3. The van der Waals surface area contributed by atoms with Crippen LogP contribution in [0.1, 0.15) is 18.4 Å². The summed E-state index contributed by atoms with van der Waals surface area (Å²) >= 11 is 7.10. The van der Waals surface area contributed by atoms with Crippen molar-refractivity contribution in [3.05, 3.63) is 29.8 Å². The lowest BCUT2D eigenvalue weighted by Gasteiger charge is -2.36. The van der Waals surface area contributed by atoms with Crippen molar-refractivity contribution < 1.29 is 13.2 Å². The van der Waals surface area contributed by atoms with Crippen LogP contribution in [0.25, 0.3) is 0 Å². The highest BCUT2D eigenvalue weighted by Gasteiger charge is 2.34. The number of carbonyl (C=O) groups excluding carboxylic acids is 1. The summed E-state index contributed by atoms with van der Waals surface area (Å²) in [5.41, 5.74) is 1.04. The molecule has 5 nitrogen and oxygen atoms in total. The third kappa shape index (κ3) is 4.95. The molecule has 1 saturated carbocycles. The molecule has 2 fully saturated rings. The number of benzene rings is 1. The van der Waals surface area contributed by atoms with E-state index in [0.717, 1.165) is 48.9 Å². The molecule has 0 atom stereocenters. The van der Waals surface area contributed by atoms with E-state index in [1.165, 1.54) is 6.26 Å². The zero-order valence-electron chi connectivity index (χ0n) is 14.2. The molecular formula is C17H22N2O3S3. The molecule has 25 heavy (non-hydrogen) atoms. The third-order valence-electron chi connectivity index (χ3n) is 4.49. The maximum atomic E-state index is 12.1. The van der Waals surface area contributed by atoms with E-state index in [0.29, 0.717) is 16.6 Å². The molecule has 1 aliphatic carbocycles. The van der Waals surface area contributed by atoms with Crippen molar-refractivity contribution in [1.82, 2.24) is 9.80 Å². The summed E-state index contributed by atoms with van der Waals surface area (Å²) in [5.74, 6) is 1.30. The fourth-order valence-electron chi connectivity index (χ4n) is 2.77. The lowest BCUT2D eigenvalue weighted by atomic mass is 10.2. The Kier molecular flexibility index (Phi) is 5.70. The van der Waals surface area contributed by atoms with E-state index in [9.17, 15) is 13.2 Å². The van der Waals surface area contributed by atoms with Crippen molar-refractivity contribution in [2.75, 3.05) is 32.4 Å². The highest BCUT2D eigenvalue weighted by atomic mass is 32.2. The molecule has 0 radical (unpaired) electrons. The second kappa shape index (κ2) is 7.63. The predicted molar refractivity (Wildman–Crippen MR) is 104 cm³/mol. The molecule has 2 aliphatic rings. The van der Waals surface area contributed by atoms with Gasteiger partial charge in [-0.3, -0.25) is 4.79 Å². The maximum Gasteiger partial charge on any atom is 0.225 e. The molecule has 1 heterocycles. The average Bonchev–Trinajstić information content (AvgIpc) is 3.44.